The maximum atomic E-state index is 13.5. The second-order valence-corrected chi connectivity index (χ2v) is 16.3. The summed E-state index contributed by atoms with van der Waals surface area (Å²) in [6.07, 6.45) is 6.91. The van der Waals surface area contributed by atoms with E-state index in [1.807, 2.05) is 13.0 Å². The predicted molar refractivity (Wildman–Crippen MR) is 197 cm³/mol. The lowest BCUT2D eigenvalue weighted by Crippen LogP contribution is -2.58. The van der Waals surface area contributed by atoms with E-state index in [2.05, 4.69) is 17.6 Å². The van der Waals surface area contributed by atoms with Gasteiger partial charge in [0.1, 0.15) is 11.7 Å². The van der Waals surface area contributed by atoms with Gasteiger partial charge in [-0.05, 0) is 105 Å². The summed E-state index contributed by atoms with van der Waals surface area (Å²) >= 11 is 0. The molecule has 5 rings (SSSR count). The van der Waals surface area contributed by atoms with Crippen molar-refractivity contribution in [3.8, 4) is 0 Å². The van der Waals surface area contributed by atoms with Crippen LogP contribution < -0.4 is 15.9 Å². The number of hydrogen-bond acceptors (Lipinski definition) is 12. The number of amides is 2. The van der Waals surface area contributed by atoms with Gasteiger partial charge in [0.25, 0.3) is 0 Å². The number of aliphatic hydroxyl groups excluding tert-OH is 1. The van der Waals surface area contributed by atoms with Crippen LogP contribution in [0.5, 0.6) is 0 Å². The summed E-state index contributed by atoms with van der Waals surface area (Å²) in [6.45, 7) is 4.00. The van der Waals surface area contributed by atoms with Crippen LogP contribution in [0.15, 0.2) is 35.9 Å². The number of benzene rings is 1. The lowest BCUT2D eigenvalue weighted by molar-refractivity contribution is -0.170. The highest BCUT2D eigenvalue weighted by molar-refractivity contribution is 5.92. The number of hydrogen-bond donors (Lipinski definition) is 6. The van der Waals surface area contributed by atoms with Gasteiger partial charge >= 0.3 is 11.9 Å². The molecule has 15 nitrogen and oxygen atoms in total. The molecule has 0 aliphatic heterocycles. The number of esters is 1. The maximum Gasteiger partial charge on any atom is 0.329 e. The Morgan fingerprint density at radius 2 is 1.71 bits per heavy atom. The number of Topliss-reactive ketones (excluding diaryl/α,β-unsaturated/α-hetero) is 1. The smallest absolute Gasteiger partial charge is 0.329 e. The van der Waals surface area contributed by atoms with Gasteiger partial charge < -0.3 is 41.1 Å². The molecule has 15 heteroatoms. The van der Waals surface area contributed by atoms with Crippen molar-refractivity contribution in [2.75, 3.05) is 18.4 Å². The minimum atomic E-state index is -1.70. The number of ether oxygens (including phenoxy) is 1. The highest BCUT2D eigenvalue weighted by Crippen LogP contribution is 2.67. The Hall–Kier alpha value is -4.18. The van der Waals surface area contributed by atoms with Crippen molar-refractivity contribution in [3.05, 3.63) is 46.7 Å². The minimum Gasteiger partial charge on any atom is -0.733 e. The minimum absolute atomic E-state index is 0.0104. The number of carboxylic acid groups (broad SMARTS) is 1. The van der Waals surface area contributed by atoms with Crippen LogP contribution in [0.25, 0.3) is 0 Å². The molecule has 3 fully saturated rings. The number of allylic oxidation sites excluding steroid dienone is 1. The fourth-order valence-corrected chi connectivity index (χ4v) is 10.0. The summed E-state index contributed by atoms with van der Waals surface area (Å²) in [5, 5.41) is 56.6. The van der Waals surface area contributed by atoms with Crippen molar-refractivity contribution in [1.29, 1.82) is 0 Å². The van der Waals surface area contributed by atoms with E-state index in [4.69, 9.17) is 9.94 Å². The van der Waals surface area contributed by atoms with E-state index in [1.54, 1.807) is 0 Å². The van der Waals surface area contributed by atoms with Crippen molar-refractivity contribution in [1.82, 2.24) is 10.6 Å². The Bertz CT molecular complexity index is 1680. The van der Waals surface area contributed by atoms with Crippen LogP contribution in [0.2, 0.25) is 0 Å². The molecule has 8 atom stereocenters. The van der Waals surface area contributed by atoms with Gasteiger partial charge in [-0.2, -0.15) is 0 Å². The van der Waals surface area contributed by atoms with Gasteiger partial charge in [0, 0.05) is 31.2 Å². The summed E-state index contributed by atoms with van der Waals surface area (Å²) < 4.78 is 5.25. The molecular weight excluding hydrogens is 714 g/mol. The first-order valence-corrected chi connectivity index (χ1v) is 19.4. The SMILES string of the molecule is C[C@]12CCC(=O)C=C1CC[C@H]1[C@H]2CC[C@]2(C)[C@@H]1CC[C@]2(O)C(=O)COC(=O)CCC(=O)NCCCCCC(=O)N[C@H](C(=O)O)[C@H](O)c1cccc(N([O-])O)c1. The average molecular weight is 769 g/mol. The van der Waals surface area contributed by atoms with E-state index in [0.717, 1.165) is 38.2 Å². The first-order chi connectivity index (χ1) is 26.0. The molecule has 0 unspecified atom stereocenters. The zero-order valence-corrected chi connectivity index (χ0v) is 31.6. The van der Waals surface area contributed by atoms with Crippen LogP contribution in [-0.2, 0) is 33.5 Å². The molecule has 1 aromatic carbocycles. The number of nitrogens with zero attached hydrogens (tertiary/aromatic N) is 1. The summed E-state index contributed by atoms with van der Waals surface area (Å²) in [7, 11) is 0. The maximum absolute atomic E-state index is 13.5. The molecule has 302 valence electrons. The standard InChI is InChI=1S/C40H54N3O12/c1-38-17-14-27(44)22-25(38)10-11-28-29(38)15-18-39(2)30(28)16-19-40(39,52)31(45)23-55-34(48)13-12-32(46)41-20-5-3-4-9-33(47)42-35(37(50)51)36(49)24-7-6-8-26(21-24)43(53)54/h6-8,21-22,28-30,35-36,49,52-53H,3-5,9-20,23H2,1-2H3,(H,41,46)(H,42,47)(H,50,51)/q-1/t28-,29+,30+,35-,36+,38-,39+,40-/m0/s1. The van der Waals surface area contributed by atoms with Crippen molar-refractivity contribution >= 4 is 41.0 Å². The lowest BCUT2D eigenvalue weighted by Gasteiger charge is -2.58. The molecule has 1 aromatic rings. The molecule has 55 heavy (non-hydrogen) atoms. The van der Waals surface area contributed by atoms with Gasteiger partial charge in [0.05, 0.1) is 12.1 Å². The number of nitrogens with one attached hydrogen (secondary N) is 2. The van der Waals surface area contributed by atoms with E-state index in [1.165, 1.54) is 23.8 Å². The second kappa shape index (κ2) is 17.3. The number of aliphatic hydroxyl groups is 2. The number of fused-ring (bicyclic) bond motifs is 5. The van der Waals surface area contributed by atoms with Gasteiger partial charge in [0.2, 0.25) is 17.6 Å². The Labute approximate surface area is 320 Å². The first-order valence-electron chi connectivity index (χ1n) is 19.4. The monoisotopic (exact) mass is 768 g/mol. The van der Waals surface area contributed by atoms with Gasteiger partial charge in [-0.3, -0.25) is 29.2 Å². The van der Waals surface area contributed by atoms with Crippen LogP contribution in [0, 0.1) is 33.8 Å². The van der Waals surface area contributed by atoms with Crippen molar-refractivity contribution in [2.45, 2.75) is 121 Å². The zero-order chi connectivity index (χ0) is 40.1. The van der Waals surface area contributed by atoms with E-state index in [9.17, 15) is 49.3 Å². The summed E-state index contributed by atoms with van der Waals surface area (Å²) in [6, 6.07) is 3.36. The number of rotatable bonds is 17. The molecule has 2 amide bonds. The van der Waals surface area contributed by atoms with Crippen molar-refractivity contribution in [2.24, 2.45) is 28.6 Å². The number of ketones is 2. The number of unbranched alkanes of at least 4 members (excludes halogenated alkanes) is 2. The fourth-order valence-electron chi connectivity index (χ4n) is 10.0. The van der Waals surface area contributed by atoms with Crippen LogP contribution in [0.1, 0.15) is 115 Å². The largest absolute Gasteiger partial charge is 0.733 e. The Morgan fingerprint density at radius 1 is 0.964 bits per heavy atom. The number of anilines is 1. The summed E-state index contributed by atoms with van der Waals surface area (Å²) in [5.74, 6) is -2.60. The molecule has 3 saturated carbocycles. The highest BCUT2D eigenvalue weighted by Gasteiger charge is 2.66. The molecule has 0 bridgehead atoms. The molecule has 0 aromatic heterocycles. The average Bonchev–Trinajstić information content (AvgIpc) is 3.44. The summed E-state index contributed by atoms with van der Waals surface area (Å²) in [4.78, 5) is 74.6. The van der Waals surface area contributed by atoms with Crippen LogP contribution in [-0.4, -0.2) is 80.6 Å². The Morgan fingerprint density at radius 3 is 2.44 bits per heavy atom. The quantitative estimate of drug-likeness (QED) is 0.0751. The van der Waals surface area contributed by atoms with Gasteiger partial charge in [-0.1, -0.05) is 38.0 Å². The molecule has 0 saturated heterocycles. The van der Waals surface area contributed by atoms with E-state index < -0.39 is 64.5 Å². The number of carbonyl (C=O) groups is 6. The van der Waals surface area contributed by atoms with Crippen LogP contribution in [0.4, 0.5) is 5.69 Å². The predicted octanol–water partition coefficient (Wildman–Crippen LogP) is 3.81. The van der Waals surface area contributed by atoms with Gasteiger partial charge in [0.15, 0.2) is 18.4 Å². The summed E-state index contributed by atoms with van der Waals surface area (Å²) in [5.41, 5.74) is -1.21. The lowest BCUT2D eigenvalue weighted by atomic mass is 9.46. The second-order valence-electron chi connectivity index (χ2n) is 16.3. The molecule has 0 heterocycles. The Balaban J connectivity index is 0.973. The molecule has 0 radical (unpaired) electrons. The molecule has 4 aliphatic carbocycles. The fraction of sp³-hybridized carbons (Fsp3) is 0.650. The van der Waals surface area contributed by atoms with Crippen molar-refractivity contribution in [3.63, 3.8) is 0 Å². The molecular formula is C40H54N3O12-. The third-order valence-electron chi connectivity index (χ3n) is 13.2. The first kappa shape index (κ1) is 42.0. The third-order valence-corrected chi connectivity index (χ3v) is 13.2. The van der Waals surface area contributed by atoms with Crippen LogP contribution in [0.3, 0.4) is 0 Å². The van der Waals surface area contributed by atoms with Crippen molar-refractivity contribution < 1.29 is 54.0 Å². The topological polar surface area (TPSA) is 243 Å². The van der Waals surface area contributed by atoms with Crippen LogP contribution >= 0.6 is 0 Å². The molecule has 0 spiro atoms. The number of carbonyl (C=O) groups excluding carboxylic acids is 5. The number of carboxylic acids is 1. The highest BCUT2D eigenvalue weighted by atomic mass is 16.8. The molecule has 4 aliphatic rings. The zero-order valence-electron chi connectivity index (χ0n) is 31.6. The van der Waals surface area contributed by atoms with Gasteiger partial charge in [-0.15, -0.1) is 0 Å². The van der Waals surface area contributed by atoms with E-state index in [-0.39, 0.29) is 54.2 Å². The number of aliphatic carboxylic acids is 1. The Kier molecular flexibility index (Phi) is 13.2. The van der Waals surface area contributed by atoms with E-state index in [0.29, 0.717) is 50.4 Å². The normalized spacial score (nSPS) is 29.4. The van der Waals surface area contributed by atoms with E-state index >= 15 is 0 Å². The third kappa shape index (κ3) is 8.95. The molecule has 6 N–H and O–H groups in total. The van der Waals surface area contributed by atoms with Gasteiger partial charge in [-0.25, -0.2) is 4.79 Å².